The molecule has 14 nitrogen and oxygen atoms in total. The van der Waals surface area contributed by atoms with E-state index in [-0.39, 0.29) is 82.8 Å². The van der Waals surface area contributed by atoms with Gasteiger partial charge in [-0.3, -0.25) is 9.09 Å². The van der Waals surface area contributed by atoms with Crippen LogP contribution in [0.4, 0.5) is 0 Å². The van der Waals surface area contributed by atoms with Gasteiger partial charge < -0.3 is 38.8 Å². The van der Waals surface area contributed by atoms with Gasteiger partial charge in [-0.15, -0.1) is 0 Å². The largest absolute Gasteiger partial charge is 1.00 e. The average Bonchev–Trinajstić information content (AvgIpc) is 2.90. The second-order valence-corrected chi connectivity index (χ2v) is 11.0. The molecule has 0 heterocycles. The molecule has 0 spiro atoms. The third-order valence-electron chi connectivity index (χ3n) is 3.78. The van der Waals surface area contributed by atoms with Crippen LogP contribution < -0.4 is 64.2 Å². The molecule has 2 aromatic carbocycles. The van der Waals surface area contributed by atoms with Crippen molar-refractivity contribution in [1.82, 2.24) is 0 Å². The Morgan fingerprint density at radius 2 is 1.21 bits per heavy atom. The zero-order valence-electron chi connectivity index (χ0n) is 23.3. The van der Waals surface area contributed by atoms with Gasteiger partial charge in [-0.2, -0.15) is 0 Å². The van der Waals surface area contributed by atoms with Crippen LogP contribution in [0.3, 0.4) is 0 Å². The van der Waals surface area contributed by atoms with E-state index >= 15 is 0 Å². The van der Waals surface area contributed by atoms with Crippen LogP contribution in [0.2, 0.25) is 0 Å². The Kier molecular flexibility index (Phi) is 27.9. The summed E-state index contributed by atoms with van der Waals surface area (Å²) in [5.74, 6) is -1.21. The minimum atomic E-state index is -4.45. The van der Waals surface area contributed by atoms with E-state index in [0.29, 0.717) is 5.82 Å². The monoisotopic (exact) mass is 680 g/mol. The number of carbonyl (C=O) groups excluding carboxylic acids is 2. The Morgan fingerprint density at radius 1 is 0.814 bits per heavy atom. The van der Waals surface area contributed by atoms with Crippen molar-refractivity contribution in [2.45, 2.75) is 4.90 Å². The molecule has 0 atom stereocenters. The molecule has 226 valence electrons. The normalized spacial score (nSPS) is 9.98. The van der Waals surface area contributed by atoms with Crippen molar-refractivity contribution in [1.29, 1.82) is 0 Å². The molecule has 0 aromatic heterocycles. The molecule has 0 fully saturated rings. The molecule has 43 heavy (non-hydrogen) atoms. The maximum atomic E-state index is 10.5. The van der Waals surface area contributed by atoms with Crippen LogP contribution in [-0.4, -0.2) is 57.7 Å². The van der Waals surface area contributed by atoms with Crippen LogP contribution in [0.5, 0.6) is 0 Å². The van der Waals surface area contributed by atoms with Crippen molar-refractivity contribution >= 4 is 49.6 Å². The summed E-state index contributed by atoms with van der Waals surface area (Å²) in [7, 11) is -12.6. The SMILES string of the molecule is C=CC(=O)OCCOP(=O)(O)O.C=CP(=O)(O)O.C=Cc1ccc(C(=O)[O-])cc1.C=Cc1ccc(S(=O)(=O)[O-])cc1.[Na+].[Na+]. The van der Waals surface area contributed by atoms with Crippen LogP contribution in [-0.2, 0) is 33.3 Å². The van der Waals surface area contributed by atoms with Crippen molar-refractivity contribution in [3.05, 3.63) is 103 Å². The predicted molar refractivity (Wildman–Crippen MR) is 147 cm³/mol. The first kappa shape index (κ1) is 48.4. The van der Waals surface area contributed by atoms with Crippen molar-refractivity contribution in [3.8, 4) is 0 Å². The Bertz CT molecular complexity index is 1370. The maximum Gasteiger partial charge on any atom is 1.00 e. The fraction of sp³-hybridized carbons (Fsp3) is 0.0833. The molecule has 0 saturated carbocycles. The summed E-state index contributed by atoms with van der Waals surface area (Å²) >= 11 is 0. The first-order valence-electron chi connectivity index (χ1n) is 10.6. The zero-order valence-corrected chi connectivity index (χ0v) is 30.0. The van der Waals surface area contributed by atoms with Gasteiger partial charge in [-0.25, -0.2) is 17.8 Å². The van der Waals surface area contributed by atoms with E-state index in [1.807, 2.05) is 0 Å². The summed E-state index contributed by atoms with van der Waals surface area (Å²) in [6.45, 7) is 12.5. The van der Waals surface area contributed by atoms with Crippen LogP contribution in [0, 0.1) is 0 Å². The summed E-state index contributed by atoms with van der Waals surface area (Å²) in [4.78, 5) is 52.4. The topological polar surface area (TPSA) is 248 Å². The third kappa shape index (κ3) is 29.0. The molecule has 4 N–H and O–H groups in total. The molecule has 0 unspecified atom stereocenters. The summed E-state index contributed by atoms with van der Waals surface area (Å²) in [5, 5.41) is 10.3. The number of rotatable bonds is 10. The molecule has 2 aromatic rings. The van der Waals surface area contributed by atoms with E-state index in [1.54, 1.807) is 24.3 Å². The molecule has 2 rings (SSSR count). The first-order chi connectivity index (χ1) is 18.8. The number of hydrogen-bond acceptors (Lipinski definition) is 10. The smallest absolute Gasteiger partial charge is 0.744 e. The molecular weight excluding hydrogens is 652 g/mol. The Hall–Kier alpha value is -1.49. The van der Waals surface area contributed by atoms with Gasteiger partial charge >= 0.3 is 80.5 Å². The molecular formula is C24H28Na2O14P2S. The van der Waals surface area contributed by atoms with Gasteiger partial charge in [0, 0.05) is 11.9 Å². The molecule has 0 bridgehead atoms. The number of carboxylic acids is 1. The second kappa shape index (κ2) is 24.8. The Morgan fingerprint density at radius 3 is 1.49 bits per heavy atom. The summed E-state index contributed by atoms with van der Waals surface area (Å²) in [6, 6.07) is 11.9. The van der Waals surface area contributed by atoms with Crippen LogP contribution in [0.25, 0.3) is 12.2 Å². The molecule has 19 heteroatoms. The van der Waals surface area contributed by atoms with E-state index in [0.717, 1.165) is 17.2 Å². The standard InChI is InChI=1S/C9H8O2.C8H8O3S.C5H9O6P.C2H5O3P.2Na/c1-2-7-3-5-8(6-4-7)9(10)11;1-2-7-3-5-8(6-4-7)12(9,10)11;1-2-5(6)10-3-4-11-12(7,8)9;1-2-6(3,4)5;;/h2-6H,1H2,(H,10,11);2-6H,1H2,(H,9,10,11);2H,1,3-4H2,(H2,7,8,9);2H,1H2,(H2,3,4,5);;/q;;;;2*+1/p-2. The fourth-order valence-electron chi connectivity index (χ4n) is 1.88. The van der Waals surface area contributed by atoms with E-state index in [4.69, 9.17) is 19.6 Å². The molecule has 0 radical (unpaired) electrons. The minimum Gasteiger partial charge on any atom is -0.744 e. The quantitative estimate of drug-likeness (QED) is 0.0468. The van der Waals surface area contributed by atoms with E-state index < -0.39 is 37.5 Å². The number of benzene rings is 2. The third-order valence-corrected chi connectivity index (χ3v) is 5.62. The van der Waals surface area contributed by atoms with Crippen LogP contribution in [0.1, 0.15) is 21.5 Å². The maximum absolute atomic E-state index is 10.5. The number of hydrogen-bond donors (Lipinski definition) is 4. The molecule has 0 aliphatic carbocycles. The number of carbonyl (C=O) groups is 2. The van der Waals surface area contributed by atoms with E-state index in [1.165, 1.54) is 36.4 Å². The Labute approximate surface area is 293 Å². The van der Waals surface area contributed by atoms with E-state index in [9.17, 15) is 36.8 Å². The number of ether oxygens (including phenoxy) is 1. The average molecular weight is 680 g/mol. The minimum absolute atomic E-state index is 0. The zero-order chi connectivity index (χ0) is 32.3. The van der Waals surface area contributed by atoms with Gasteiger partial charge in [0.2, 0.25) is 0 Å². The number of phosphoric ester groups is 1. The molecule has 0 aliphatic rings. The van der Waals surface area contributed by atoms with Crippen molar-refractivity contribution < 1.29 is 125 Å². The van der Waals surface area contributed by atoms with Crippen molar-refractivity contribution in [3.63, 3.8) is 0 Å². The summed E-state index contributed by atoms with van der Waals surface area (Å²) < 4.78 is 59.3. The second-order valence-electron chi connectivity index (χ2n) is 6.81. The first-order valence-corrected chi connectivity index (χ1v) is 15.2. The molecule has 0 amide bonds. The molecule has 0 aliphatic heterocycles. The van der Waals surface area contributed by atoms with Gasteiger partial charge in [0.15, 0.2) is 0 Å². The van der Waals surface area contributed by atoms with E-state index in [2.05, 4.69) is 35.6 Å². The fourth-order valence-corrected chi connectivity index (χ4v) is 2.67. The van der Waals surface area contributed by atoms with Crippen molar-refractivity contribution in [2.24, 2.45) is 0 Å². The predicted octanol–water partition coefficient (Wildman–Crippen LogP) is -3.93. The van der Waals surface area contributed by atoms with Crippen LogP contribution in [0.15, 0.2) is 91.6 Å². The summed E-state index contributed by atoms with van der Waals surface area (Å²) in [5.41, 5.74) is 1.87. The van der Waals surface area contributed by atoms with Gasteiger partial charge in [0.05, 0.1) is 17.5 Å². The summed E-state index contributed by atoms with van der Waals surface area (Å²) in [6.07, 6.45) is 4.16. The van der Waals surface area contributed by atoms with Crippen molar-refractivity contribution in [2.75, 3.05) is 13.2 Å². The number of phosphoric acid groups is 1. The van der Waals surface area contributed by atoms with Gasteiger partial charge in [-0.05, 0) is 28.8 Å². The number of aromatic carboxylic acids is 1. The Balaban J connectivity index is -0.000000238. The van der Waals surface area contributed by atoms with Gasteiger partial charge in [0.1, 0.15) is 16.7 Å². The van der Waals surface area contributed by atoms with Gasteiger partial charge in [-0.1, -0.05) is 74.9 Å². The molecule has 0 saturated heterocycles. The van der Waals surface area contributed by atoms with Gasteiger partial charge in [0.25, 0.3) is 0 Å². The number of carboxylic acid groups (broad SMARTS) is 1. The van der Waals surface area contributed by atoms with Crippen LogP contribution >= 0.6 is 15.4 Å². The number of esters is 1.